The molecule has 3 rings (SSSR count). The summed E-state index contributed by atoms with van der Waals surface area (Å²) in [6.45, 7) is 0. The molecule has 0 radical (unpaired) electrons. The Labute approximate surface area is 162 Å². The first-order chi connectivity index (χ1) is 11.9. The van der Waals surface area contributed by atoms with Crippen molar-refractivity contribution in [3.05, 3.63) is 71.5 Å². The van der Waals surface area contributed by atoms with Crippen LogP contribution in [0.2, 0.25) is 0 Å². The number of likely N-dealkylation sites (N-methyl/N-ethyl adjacent to an activating group) is 1. The first-order valence-corrected chi connectivity index (χ1v) is 9.10. The summed E-state index contributed by atoms with van der Waals surface area (Å²) in [5, 5.41) is 11.0. The van der Waals surface area contributed by atoms with Crippen LogP contribution in [-0.2, 0) is 12.8 Å². The monoisotopic (exact) mass is 377 g/mol. The second kappa shape index (κ2) is 8.51. The van der Waals surface area contributed by atoms with Gasteiger partial charge >= 0.3 is 0 Å². The van der Waals surface area contributed by atoms with Gasteiger partial charge in [0.2, 0.25) is 0 Å². The smallest absolute Gasteiger partial charge is 0.126 e. The van der Waals surface area contributed by atoms with Crippen molar-refractivity contribution in [3.8, 4) is 0 Å². The van der Waals surface area contributed by atoms with Gasteiger partial charge in [0.25, 0.3) is 0 Å². The van der Waals surface area contributed by atoms with Crippen molar-refractivity contribution < 1.29 is 9.50 Å². The van der Waals surface area contributed by atoms with Gasteiger partial charge < -0.3 is 10.0 Å². The Morgan fingerprint density at radius 3 is 2.04 bits per heavy atom. The molecule has 0 saturated heterocycles. The quantitative estimate of drug-likeness (QED) is 0.820. The van der Waals surface area contributed by atoms with Crippen molar-refractivity contribution in [2.75, 3.05) is 14.1 Å². The Kier molecular flexibility index (Phi) is 6.84. The zero-order chi connectivity index (χ0) is 17.9. The third-order valence-corrected chi connectivity index (χ3v) is 5.91. The summed E-state index contributed by atoms with van der Waals surface area (Å²) in [6, 6.07) is 17.3. The van der Waals surface area contributed by atoms with E-state index in [0.29, 0.717) is 24.8 Å². The molecular weight excluding hydrogens is 349 g/mol. The van der Waals surface area contributed by atoms with Crippen molar-refractivity contribution in [1.82, 2.24) is 4.90 Å². The summed E-state index contributed by atoms with van der Waals surface area (Å²) in [5.74, 6) is -0.218. The molecule has 0 bridgehead atoms. The minimum Gasteiger partial charge on any atom is -0.390 e. The molecule has 1 fully saturated rings. The molecule has 0 spiro atoms. The van der Waals surface area contributed by atoms with E-state index < -0.39 is 5.60 Å². The van der Waals surface area contributed by atoms with Crippen LogP contribution in [0.15, 0.2) is 54.6 Å². The maximum absolute atomic E-state index is 14.0. The van der Waals surface area contributed by atoms with Crippen LogP contribution in [0.1, 0.15) is 36.8 Å². The Morgan fingerprint density at radius 1 is 0.885 bits per heavy atom. The van der Waals surface area contributed by atoms with E-state index in [1.54, 1.807) is 12.1 Å². The summed E-state index contributed by atoms with van der Waals surface area (Å²) < 4.78 is 14.0. The lowest BCUT2D eigenvalue weighted by Crippen LogP contribution is -2.53. The fraction of sp³-hybridized carbons (Fsp3) is 0.455. The Bertz CT molecular complexity index is 696. The molecule has 0 aromatic heterocycles. The van der Waals surface area contributed by atoms with E-state index >= 15 is 0 Å². The lowest BCUT2D eigenvalue weighted by atomic mass is 9.69. The number of halogens is 2. The molecule has 0 heterocycles. The lowest BCUT2D eigenvalue weighted by Gasteiger charge is -2.48. The molecule has 1 aliphatic rings. The van der Waals surface area contributed by atoms with Gasteiger partial charge in [-0.25, -0.2) is 4.39 Å². The van der Waals surface area contributed by atoms with Crippen molar-refractivity contribution in [3.63, 3.8) is 0 Å². The first kappa shape index (κ1) is 20.9. The minimum absolute atomic E-state index is 0. The summed E-state index contributed by atoms with van der Waals surface area (Å²) in [4.78, 5) is 2.31. The summed E-state index contributed by atoms with van der Waals surface area (Å²) in [5.41, 5.74) is 1.20. The molecule has 2 aromatic carbocycles. The number of rotatable bonds is 5. The van der Waals surface area contributed by atoms with Gasteiger partial charge in [-0.1, -0.05) is 48.5 Å². The zero-order valence-corrected chi connectivity index (χ0v) is 16.4. The standard InChI is InChI=1S/C22H28FNO.ClH/c1-24(2)21(16-18-8-4-3-5-9-18)12-14-22(25,15-13-21)17-19-10-6-7-11-20(19)23;/h3-11,25H,12-17H2,1-2H3;1H. The molecule has 142 valence electrons. The van der Waals surface area contributed by atoms with Crippen molar-refractivity contribution in [2.45, 2.75) is 49.7 Å². The van der Waals surface area contributed by atoms with E-state index in [0.717, 1.165) is 19.3 Å². The molecule has 4 heteroatoms. The highest BCUT2D eigenvalue weighted by atomic mass is 35.5. The fourth-order valence-corrected chi connectivity index (χ4v) is 4.11. The van der Waals surface area contributed by atoms with Gasteiger partial charge in [0, 0.05) is 12.0 Å². The van der Waals surface area contributed by atoms with Crippen LogP contribution >= 0.6 is 12.4 Å². The fourth-order valence-electron chi connectivity index (χ4n) is 4.11. The highest BCUT2D eigenvalue weighted by Crippen LogP contribution is 2.41. The lowest BCUT2D eigenvalue weighted by molar-refractivity contribution is -0.0440. The summed E-state index contributed by atoms with van der Waals surface area (Å²) in [6.07, 6.45) is 4.61. The van der Waals surface area contributed by atoms with Crippen LogP contribution < -0.4 is 0 Å². The van der Waals surface area contributed by atoms with E-state index in [1.165, 1.54) is 11.6 Å². The zero-order valence-electron chi connectivity index (χ0n) is 15.6. The summed E-state index contributed by atoms with van der Waals surface area (Å²) in [7, 11) is 4.26. The molecule has 0 atom stereocenters. The second-order valence-corrected chi connectivity index (χ2v) is 7.77. The molecule has 0 aliphatic heterocycles. The number of benzene rings is 2. The summed E-state index contributed by atoms with van der Waals surface area (Å²) >= 11 is 0. The first-order valence-electron chi connectivity index (χ1n) is 9.10. The third kappa shape index (κ3) is 4.64. The third-order valence-electron chi connectivity index (χ3n) is 5.91. The largest absolute Gasteiger partial charge is 0.390 e. The molecule has 2 nitrogen and oxygen atoms in total. The van der Waals surface area contributed by atoms with Crippen LogP contribution in [-0.4, -0.2) is 35.2 Å². The van der Waals surface area contributed by atoms with Crippen molar-refractivity contribution >= 4 is 12.4 Å². The minimum atomic E-state index is -0.807. The number of hydrogen-bond donors (Lipinski definition) is 1. The molecule has 0 unspecified atom stereocenters. The second-order valence-electron chi connectivity index (χ2n) is 7.77. The van der Waals surface area contributed by atoms with E-state index in [-0.39, 0.29) is 23.8 Å². The molecule has 1 N–H and O–H groups in total. The molecule has 0 amide bonds. The highest BCUT2D eigenvalue weighted by Gasteiger charge is 2.43. The predicted octanol–water partition coefficient (Wildman–Crippen LogP) is 4.64. The van der Waals surface area contributed by atoms with Crippen LogP contribution in [0.25, 0.3) is 0 Å². The number of nitrogens with zero attached hydrogens (tertiary/aromatic N) is 1. The van der Waals surface area contributed by atoms with Gasteiger partial charge in [-0.05, 0) is 63.4 Å². The number of aliphatic hydroxyl groups is 1. The molecule has 2 aromatic rings. The van der Waals surface area contributed by atoms with E-state index in [2.05, 4.69) is 43.3 Å². The van der Waals surface area contributed by atoms with E-state index in [1.807, 2.05) is 12.1 Å². The van der Waals surface area contributed by atoms with Gasteiger partial charge in [-0.15, -0.1) is 12.4 Å². The SMILES string of the molecule is CN(C)C1(Cc2ccccc2)CCC(O)(Cc2ccccc2F)CC1.Cl. The Balaban J connectivity index is 0.00000243. The van der Waals surface area contributed by atoms with Gasteiger partial charge in [0.1, 0.15) is 5.82 Å². The number of hydrogen-bond acceptors (Lipinski definition) is 2. The van der Waals surface area contributed by atoms with Crippen molar-refractivity contribution in [1.29, 1.82) is 0 Å². The van der Waals surface area contributed by atoms with Gasteiger partial charge in [-0.2, -0.15) is 0 Å². The molecular formula is C22H29ClFNO. The maximum atomic E-state index is 14.0. The van der Waals surface area contributed by atoms with Gasteiger partial charge in [0.15, 0.2) is 0 Å². The molecule has 1 aliphatic carbocycles. The average Bonchev–Trinajstić information content (AvgIpc) is 2.60. The Hall–Kier alpha value is -1.42. The maximum Gasteiger partial charge on any atom is 0.126 e. The van der Waals surface area contributed by atoms with Crippen molar-refractivity contribution in [2.24, 2.45) is 0 Å². The normalized spacial score (nSPS) is 25.7. The van der Waals surface area contributed by atoms with Gasteiger partial charge in [-0.3, -0.25) is 0 Å². The predicted molar refractivity (Wildman–Crippen MR) is 107 cm³/mol. The molecule has 1 saturated carbocycles. The van der Waals surface area contributed by atoms with Crippen LogP contribution in [0.3, 0.4) is 0 Å². The Morgan fingerprint density at radius 2 is 1.46 bits per heavy atom. The average molecular weight is 378 g/mol. The van der Waals surface area contributed by atoms with E-state index in [9.17, 15) is 9.50 Å². The van der Waals surface area contributed by atoms with Crippen LogP contribution in [0.4, 0.5) is 4.39 Å². The highest BCUT2D eigenvalue weighted by molar-refractivity contribution is 5.85. The topological polar surface area (TPSA) is 23.5 Å². The van der Waals surface area contributed by atoms with Crippen LogP contribution in [0.5, 0.6) is 0 Å². The van der Waals surface area contributed by atoms with E-state index in [4.69, 9.17) is 0 Å². The molecule has 26 heavy (non-hydrogen) atoms. The van der Waals surface area contributed by atoms with Crippen LogP contribution in [0, 0.1) is 5.82 Å². The van der Waals surface area contributed by atoms with Gasteiger partial charge in [0.05, 0.1) is 5.60 Å².